The molecule has 0 saturated heterocycles. The molecule has 3 heterocycles. The Morgan fingerprint density at radius 1 is 1.22 bits per heavy atom. The monoisotopic (exact) mass is 570 g/mol. The summed E-state index contributed by atoms with van der Waals surface area (Å²) in [5.74, 6) is -3.39. The minimum Gasteiger partial charge on any atom is -0.494 e. The molecule has 5 rings (SSSR count). The summed E-state index contributed by atoms with van der Waals surface area (Å²) in [6.45, 7) is 0.535. The molecule has 2 aromatic heterocycles. The van der Waals surface area contributed by atoms with Gasteiger partial charge in [-0.2, -0.15) is 13.2 Å². The lowest BCUT2D eigenvalue weighted by Crippen LogP contribution is -2.47. The van der Waals surface area contributed by atoms with Crippen molar-refractivity contribution in [3.8, 4) is 22.8 Å². The second kappa shape index (κ2) is 10.6. The molecule has 0 aliphatic carbocycles. The van der Waals surface area contributed by atoms with Crippen molar-refractivity contribution in [1.82, 2.24) is 15.3 Å². The van der Waals surface area contributed by atoms with Crippen LogP contribution in [0.3, 0.4) is 0 Å². The fraction of sp³-hybridized carbons (Fsp3) is 0.276. The average molecular weight is 571 g/mol. The maximum absolute atomic E-state index is 14.7. The largest absolute Gasteiger partial charge is 0.494 e. The van der Waals surface area contributed by atoms with Gasteiger partial charge in [-0.05, 0) is 55.5 Å². The lowest BCUT2D eigenvalue weighted by atomic mass is 9.88. The van der Waals surface area contributed by atoms with Crippen LogP contribution in [0.5, 0.6) is 11.5 Å². The molecule has 2 aromatic carbocycles. The van der Waals surface area contributed by atoms with Gasteiger partial charge in [0.25, 0.3) is 5.91 Å². The van der Waals surface area contributed by atoms with Crippen LogP contribution in [0, 0.1) is 5.82 Å². The Bertz CT molecular complexity index is 1610. The van der Waals surface area contributed by atoms with Crippen molar-refractivity contribution in [3.05, 3.63) is 83.4 Å². The van der Waals surface area contributed by atoms with Gasteiger partial charge in [0.15, 0.2) is 5.75 Å². The molecule has 0 fully saturated rings. The van der Waals surface area contributed by atoms with Gasteiger partial charge in [0.1, 0.15) is 35.3 Å². The summed E-state index contributed by atoms with van der Waals surface area (Å²) in [6.07, 6.45) is -3.40. The van der Waals surface area contributed by atoms with Gasteiger partial charge in [0.2, 0.25) is 0 Å². The number of methoxy groups -OCH3 is 1. The van der Waals surface area contributed by atoms with Crippen LogP contribution in [0.15, 0.2) is 60.8 Å². The first-order valence-corrected chi connectivity index (χ1v) is 12.6. The molecule has 4 N–H and O–H groups in total. The third kappa shape index (κ3) is 5.40. The highest BCUT2D eigenvalue weighted by Gasteiger charge is 2.49. The Morgan fingerprint density at radius 3 is 2.61 bits per heavy atom. The molecule has 1 unspecified atom stereocenters. The van der Waals surface area contributed by atoms with Crippen molar-refractivity contribution in [3.63, 3.8) is 0 Å². The van der Waals surface area contributed by atoms with Crippen LogP contribution >= 0.6 is 0 Å². The van der Waals surface area contributed by atoms with Crippen LogP contribution in [0.1, 0.15) is 34.5 Å². The summed E-state index contributed by atoms with van der Waals surface area (Å²) in [6, 6.07) is 10.6. The summed E-state index contributed by atoms with van der Waals surface area (Å²) in [5, 5.41) is 13.0. The topological polar surface area (TPSA) is 120 Å². The van der Waals surface area contributed by atoms with E-state index in [-0.39, 0.29) is 34.9 Å². The lowest BCUT2D eigenvalue weighted by molar-refractivity contribution is -0.159. The molecule has 3 atom stereocenters. The summed E-state index contributed by atoms with van der Waals surface area (Å²) < 4.78 is 68.8. The highest BCUT2D eigenvalue weighted by atomic mass is 19.4. The number of nitrogens with zero attached hydrogens (tertiary/aromatic N) is 2. The zero-order valence-corrected chi connectivity index (χ0v) is 22.0. The van der Waals surface area contributed by atoms with E-state index in [1.807, 2.05) is 0 Å². The number of aliphatic hydroxyl groups is 1. The highest BCUT2D eigenvalue weighted by molar-refractivity contribution is 6.00. The molecule has 12 heteroatoms. The number of aromatic nitrogens is 2. The maximum Gasteiger partial charge on any atom is 0.399 e. The third-order valence-electron chi connectivity index (χ3n) is 6.98. The summed E-state index contributed by atoms with van der Waals surface area (Å²) in [7, 11) is 1.38. The number of aliphatic hydroxyl groups excluding tert-OH is 1. The van der Waals surface area contributed by atoms with E-state index < -0.39 is 47.7 Å². The molecule has 214 valence electrons. The number of alkyl halides is 3. The molecule has 0 saturated carbocycles. The first-order valence-electron chi connectivity index (χ1n) is 12.6. The van der Waals surface area contributed by atoms with Gasteiger partial charge < -0.3 is 25.6 Å². The number of nitrogens with one attached hydrogen (secondary N) is 1. The summed E-state index contributed by atoms with van der Waals surface area (Å²) in [4.78, 5) is 21.7. The number of carbonyl (C=O) groups is 1. The minimum atomic E-state index is -4.95. The summed E-state index contributed by atoms with van der Waals surface area (Å²) in [5.41, 5.74) is 5.81. The standard InChI is InChI=1S/C29H26F4N4O4/c1-28(34)14-41-26-19(28)12-20(36-25(26)15-5-7-18(30)8-6-15)23(29(31,32)33)21(13-38)37-27(39)17-10-16-4-3-9-35-24(16)22(11-17)40-2/h3-12,21,23,38H,13-14,34H2,1-2H3,(H,37,39)/t21?,23-,28+/m0/s1. The van der Waals surface area contributed by atoms with E-state index in [9.17, 15) is 27.5 Å². The van der Waals surface area contributed by atoms with E-state index in [1.165, 1.54) is 37.4 Å². The number of rotatable bonds is 7. The quantitative estimate of drug-likeness (QED) is 0.281. The van der Waals surface area contributed by atoms with E-state index in [2.05, 4.69) is 15.3 Å². The average Bonchev–Trinajstić information content (AvgIpc) is 3.25. The number of hydrogen-bond donors (Lipinski definition) is 3. The number of fused-ring (bicyclic) bond motifs is 2. The van der Waals surface area contributed by atoms with Gasteiger partial charge in [-0.1, -0.05) is 6.07 Å². The fourth-order valence-corrected chi connectivity index (χ4v) is 4.92. The number of halogens is 4. The van der Waals surface area contributed by atoms with E-state index in [1.54, 1.807) is 25.3 Å². The van der Waals surface area contributed by atoms with Crippen molar-refractivity contribution in [1.29, 1.82) is 0 Å². The van der Waals surface area contributed by atoms with Crippen molar-refractivity contribution < 1.29 is 36.9 Å². The predicted octanol–water partition coefficient (Wildman–Crippen LogP) is 4.45. The van der Waals surface area contributed by atoms with E-state index in [4.69, 9.17) is 15.2 Å². The minimum absolute atomic E-state index is 0.0126. The van der Waals surface area contributed by atoms with Crippen molar-refractivity contribution in [2.24, 2.45) is 5.73 Å². The predicted molar refractivity (Wildman–Crippen MR) is 142 cm³/mol. The van der Waals surface area contributed by atoms with Crippen molar-refractivity contribution in [2.75, 3.05) is 20.3 Å². The zero-order chi connectivity index (χ0) is 29.5. The molecule has 0 bridgehead atoms. The number of pyridine rings is 2. The molecular formula is C29H26F4N4O4. The first kappa shape index (κ1) is 28.2. The van der Waals surface area contributed by atoms with Crippen LogP contribution in [-0.2, 0) is 5.54 Å². The van der Waals surface area contributed by atoms with Gasteiger partial charge in [0, 0.05) is 28.3 Å². The second-order valence-electron chi connectivity index (χ2n) is 10.0. The first-order chi connectivity index (χ1) is 19.4. The van der Waals surface area contributed by atoms with Gasteiger partial charge in [0.05, 0.1) is 31.0 Å². The summed E-state index contributed by atoms with van der Waals surface area (Å²) >= 11 is 0. The molecular weight excluding hydrogens is 544 g/mol. The second-order valence-corrected chi connectivity index (χ2v) is 10.0. The van der Waals surface area contributed by atoms with Crippen LogP contribution in [0.4, 0.5) is 17.6 Å². The van der Waals surface area contributed by atoms with Crippen LogP contribution in [0.25, 0.3) is 22.2 Å². The molecule has 0 spiro atoms. The SMILES string of the molecule is COc1cc(C(=O)NC(CO)[C@H](c2cc3c(c(-c4ccc(F)cc4)n2)OC[C@@]3(C)N)C(F)(F)F)cc2cccnc12. The van der Waals surface area contributed by atoms with E-state index in [0.717, 1.165) is 12.1 Å². The van der Waals surface area contributed by atoms with E-state index in [0.29, 0.717) is 16.5 Å². The smallest absolute Gasteiger partial charge is 0.399 e. The zero-order valence-electron chi connectivity index (χ0n) is 22.0. The third-order valence-corrected chi connectivity index (χ3v) is 6.98. The number of carbonyl (C=O) groups excluding carboxylic acids is 1. The Morgan fingerprint density at radius 2 is 1.95 bits per heavy atom. The number of benzene rings is 2. The normalized spacial score (nSPS) is 18.0. The Kier molecular flexibility index (Phi) is 7.30. The van der Waals surface area contributed by atoms with Gasteiger partial charge in [-0.15, -0.1) is 0 Å². The lowest BCUT2D eigenvalue weighted by Gasteiger charge is -2.29. The molecule has 1 aliphatic rings. The van der Waals surface area contributed by atoms with Crippen LogP contribution in [-0.4, -0.2) is 53.5 Å². The number of amides is 1. The fourth-order valence-electron chi connectivity index (χ4n) is 4.92. The maximum atomic E-state index is 14.7. The van der Waals surface area contributed by atoms with Gasteiger partial charge in [-0.3, -0.25) is 9.78 Å². The molecule has 0 radical (unpaired) electrons. The van der Waals surface area contributed by atoms with Crippen LogP contribution < -0.4 is 20.5 Å². The molecule has 1 aliphatic heterocycles. The number of nitrogens with two attached hydrogens (primary N) is 1. The molecule has 41 heavy (non-hydrogen) atoms. The van der Waals surface area contributed by atoms with Gasteiger partial charge in [-0.25, -0.2) is 9.37 Å². The van der Waals surface area contributed by atoms with Crippen molar-refractivity contribution in [2.45, 2.75) is 30.6 Å². The van der Waals surface area contributed by atoms with E-state index >= 15 is 0 Å². The Balaban J connectivity index is 1.58. The molecule has 4 aromatic rings. The Labute approximate surface area is 232 Å². The Hall–Kier alpha value is -4.29. The number of hydrogen-bond acceptors (Lipinski definition) is 7. The number of ether oxygens (including phenoxy) is 2. The van der Waals surface area contributed by atoms with Crippen molar-refractivity contribution >= 4 is 16.8 Å². The van der Waals surface area contributed by atoms with Crippen LogP contribution in [0.2, 0.25) is 0 Å². The molecule has 1 amide bonds. The van der Waals surface area contributed by atoms with Gasteiger partial charge >= 0.3 is 6.18 Å². The highest BCUT2D eigenvalue weighted by Crippen LogP contribution is 2.45. The molecule has 8 nitrogen and oxygen atoms in total.